The Hall–Kier alpha value is -2.39. The van der Waals surface area contributed by atoms with E-state index in [1.54, 1.807) is 28.8 Å². The van der Waals surface area contributed by atoms with Crippen LogP contribution in [0.2, 0.25) is 0 Å². The van der Waals surface area contributed by atoms with Crippen LogP contribution in [0, 0.1) is 0 Å². The summed E-state index contributed by atoms with van der Waals surface area (Å²) >= 11 is 0. The van der Waals surface area contributed by atoms with Crippen LogP contribution in [0.5, 0.6) is 0 Å². The fraction of sp³-hybridized carbons (Fsp3) is 0.500. The van der Waals surface area contributed by atoms with Gasteiger partial charge in [-0.25, -0.2) is 8.42 Å². The van der Waals surface area contributed by atoms with E-state index in [-0.39, 0.29) is 23.9 Å². The lowest BCUT2D eigenvalue weighted by Gasteiger charge is -2.27. The Morgan fingerprint density at radius 2 is 1.86 bits per heavy atom. The quantitative estimate of drug-likeness (QED) is 0.646. The third kappa shape index (κ3) is 5.16. The SMILES string of the molecule is COCCNC(=O)CS(=O)(=O)c1cn(CC(=O)N2CCCCC2)c2ccccc12. The van der Waals surface area contributed by atoms with Crippen molar-refractivity contribution < 1.29 is 22.7 Å². The van der Waals surface area contributed by atoms with Crippen molar-refractivity contribution in [3.8, 4) is 0 Å². The summed E-state index contributed by atoms with van der Waals surface area (Å²) in [4.78, 5) is 26.6. The van der Waals surface area contributed by atoms with E-state index in [0.717, 1.165) is 32.4 Å². The van der Waals surface area contributed by atoms with Crippen LogP contribution in [0.3, 0.4) is 0 Å². The van der Waals surface area contributed by atoms with Crippen LogP contribution in [-0.4, -0.2) is 68.8 Å². The van der Waals surface area contributed by atoms with Crippen LogP contribution in [0.25, 0.3) is 10.9 Å². The second kappa shape index (κ2) is 9.41. The zero-order valence-corrected chi connectivity index (χ0v) is 17.4. The van der Waals surface area contributed by atoms with Gasteiger partial charge in [0.1, 0.15) is 12.3 Å². The molecular weight excluding hydrogens is 394 g/mol. The predicted molar refractivity (Wildman–Crippen MR) is 109 cm³/mol. The van der Waals surface area contributed by atoms with Crippen molar-refractivity contribution in [2.24, 2.45) is 0 Å². The first-order chi connectivity index (χ1) is 13.9. The summed E-state index contributed by atoms with van der Waals surface area (Å²) in [5.41, 5.74) is 0.663. The van der Waals surface area contributed by atoms with Crippen LogP contribution >= 0.6 is 0 Å². The van der Waals surface area contributed by atoms with Gasteiger partial charge >= 0.3 is 0 Å². The number of nitrogens with one attached hydrogen (secondary N) is 1. The Kier molecular flexibility index (Phi) is 6.92. The molecule has 9 heteroatoms. The van der Waals surface area contributed by atoms with Crippen LogP contribution in [-0.2, 0) is 30.7 Å². The zero-order chi connectivity index (χ0) is 20.9. The number of methoxy groups -OCH3 is 1. The van der Waals surface area contributed by atoms with Gasteiger partial charge in [-0.1, -0.05) is 18.2 Å². The lowest BCUT2D eigenvalue weighted by Crippen LogP contribution is -2.37. The number of hydrogen-bond donors (Lipinski definition) is 1. The molecule has 2 heterocycles. The molecule has 3 rings (SSSR count). The number of rotatable bonds is 8. The van der Waals surface area contributed by atoms with Crippen molar-refractivity contribution in [2.75, 3.05) is 39.1 Å². The van der Waals surface area contributed by atoms with Gasteiger partial charge < -0.3 is 19.5 Å². The van der Waals surface area contributed by atoms with Gasteiger partial charge in [0.15, 0.2) is 9.84 Å². The minimum absolute atomic E-state index is 0.0216. The molecule has 1 aliphatic heterocycles. The molecule has 158 valence electrons. The Morgan fingerprint density at radius 1 is 1.14 bits per heavy atom. The molecule has 0 bridgehead atoms. The van der Waals surface area contributed by atoms with Crippen molar-refractivity contribution in [3.05, 3.63) is 30.5 Å². The highest BCUT2D eigenvalue weighted by Crippen LogP contribution is 2.26. The van der Waals surface area contributed by atoms with Gasteiger partial charge in [-0.05, 0) is 25.3 Å². The van der Waals surface area contributed by atoms with E-state index in [1.165, 1.54) is 13.3 Å². The number of hydrogen-bond acceptors (Lipinski definition) is 5. The molecule has 0 saturated carbocycles. The fourth-order valence-corrected chi connectivity index (χ4v) is 4.97. The third-order valence-electron chi connectivity index (χ3n) is 5.05. The molecule has 29 heavy (non-hydrogen) atoms. The maximum absolute atomic E-state index is 12.9. The molecule has 2 aromatic rings. The molecular formula is C20H27N3O5S. The van der Waals surface area contributed by atoms with Gasteiger partial charge in [0.25, 0.3) is 0 Å². The summed E-state index contributed by atoms with van der Waals surface area (Å²) in [5, 5.41) is 3.05. The first-order valence-electron chi connectivity index (χ1n) is 9.76. The monoisotopic (exact) mass is 421 g/mol. The van der Waals surface area contributed by atoms with Crippen molar-refractivity contribution in [1.29, 1.82) is 0 Å². The number of carbonyl (C=O) groups is 2. The molecule has 0 atom stereocenters. The molecule has 0 aliphatic carbocycles. The number of nitrogens with zero attached hydrogens (tertiary/aromatic N) is 2. The van der Waals surface area contributed by atoms with Crippen LogP contribution < -0.4 is 5.32 Å². The molecule has 0 unspecified atom stereocenters. The molecule has 0 radical (unpaired) electrons. The summed E-state index contributed by atoms with van der Waals surface area (Å²) in [7, 11) is -2.36. The molecule has 1 N–H and O–H groups in total. The maximum atomic E-state index is 12.9. The second-order valence-electron chi connectivity index (χ2n) is 7.18. The molecule has 2 amide bonds. The van der Waals surface area contributed by atoms with E-state index >= 15 is 0 Å². The number of likely N-dealkylation sites (tertiary alicyclic amines) is 1. The molecule has 8 nitrogen and oxygen atoms in total. The number of piperidine rings is 1. The van der Waals surface area contributed by atoms with Gasteiger partial charge in [-0.15, -0.1) is 0 Å². The maximum Gasteiger partial charge on any atom is 0.242 e. The van der Waals surface area contributed by atoms with Crippen LogP contribution in [0.4, 0.5) is 0 Å². The fourth-order valence-electron chi connectivity index (χ4n) is 3.57. The van der Waals surface area contributed by atoms with E-state index in [9.17, 15) is 18.0 Å². The number of carbonyl (C=O) groups excluding carboxylic acids is 2. The number of amides is 2. The Balaban J connectivity index is 1.83. The van der Waals surface area contributed by atoms with Gasteiger partial charge in [0.05, 0.1) is 11.5 Å². The standard InChI is InChI=1S/C20H27N3O5S/c1-28-12-9-21-19(24)15-29(26,27)18-13-23(17-8-4-3-7-16(17)18)14-20(25)22-10-5-2-6-11-22/h3-4,7-8,13H,2,5-6,9-12,14-15H2,1H3,(H,21,24). The average molecular weight is 422 g/mol. The molecule has 0 spiro atoms. The highest BCUT2D eigenvalue weighted by Gasteiger charge is 2.25. The van der Waals surface area contributed by atoms with E-state index in [4.69, 9.17) is 4.74 Å². The minimum atomic E-state index is -3.86. The van der Waals surface area contributed by atoms with Gasteiger partial charge in [0.2, 0.25) is 11.8 Å². The van der Waals surface area contributed by atoms with Gasteiger partial charge in [-0.2, -0.15) is 0 Å². The normalized spacial score (nSPS) is 14.9. The molecule has 1 aliphatic rings. The summed E-state index contributed by atoms with van der Waals surface area (Å²) in [5.74, 6) is -1.25. The van der Waals surface area contributed by atoms with Crippen molar-refractivity contribution in [2.45, 2.75) is 30.7 Å². The number of ether oxygens (including phenoxy) is 1. The zero-order valence-electron chi connectivity index (χ0n) is 16.6. The van der Waals surface area contributed by atoms with Crippen LogP contribution in [0.1, 0.15) is 19.3 Å². The molecule has 1 fully saturated rings. The third-order valence-corrected chi connectivity index (χ3v) is 6.69. The van der Waals surface area contributed by atoms with Crippen molar-refractivity contribution in [3.63, 3.8) is 0 Å². The van der Waals surface area contributed by atoms with Gasteiger partial charge in [0, 0.05) is 43.8 Å². The van der Waals surface area contributed by atoms with E-state index < -0.39 is 21.5 Å². The Morgan fingerprint density at radius 3 is 2.59 bits per heavy atom. The smallest absolute Gasteiger partial charge is 0.242 e. The minimum Gasteiger partial charge on any atom is -0.383 e. The average Bonchev–Trinajstić information content (AvgIpc) is 3.08. The van der Waals surface area contributed by atoms with E-state index in [1.807, 2.05) is 4.90 Å². The summed E-state index contributed by atoms with van der Waals surface area (Å²) in [6.07, 6.45) is 4.60. The highest BCUT2D eigenvalue weighted by molar-refractivity contribution is 7.92. The second-order valence-corrected chi connectivity index (χ2v) is 9.14. The predicted octanol–water partition coefficient (Wildman–Crippen LogP) is 1.19. The summed E-state index contributed by atoms with van der Waals surface area (Å²) in [6.45, 7) is 2.12. The molecule has 1 aromatic carbocycles. The van der Waals surface area contributed by atoms with Crippen LogP contribution in [0.15, 0.2) is 35.4 Å². The van der Waals surface area contributed by atoms with Crippen molar-refractivity contribution >= 4 is 32.6 Å². The largest absolute Gasteiger partial charge is 0.383 e. The van der Waals surface area contributed by atoms with Gasteiger partial charge in [-0.3, -0.25) is 9.59 Å². The van der Waals surface area contributed by atoms with E-state index in [2.05, 4.69) is 5.32 Å². The summed E-state index contributed by atoms with van der Waals surface area (Å²) < 4.78 is 32.3. The molecule has 1 aromatic heterocycles. The number of benzene rings is 1. The Bertz CT molecular complexity index is 977. The van der Waals surface area contributed by atoms with Crippen molar-refractivity contribution in [1.82, 2.24) is 14.8 Å². The first-order valence-corrected chi connectivity index (χ1v) is 11.4. The Labute approximate surface area is 170 Å². The lowest BCUT2D eigenvalue weighted by atomic mass is 10.1. The topological polar surface area (TPSA) is 97.7 Å². The number of sulfone groups is 1. The lowest BCUT2D eigenvalue weighted by molar-refractivity contribution is -0.132. The number of fused-ring (bicyclic) bond motifs is 1. The first kappa shape index (κ1) is 21.3. The number of aromatic nitrogens is 1. The number of para-hydroxylation sites is 1. The summed E-state index contributed by atoms with van der Waals surface area (Å²) in [6, 6.07) is 7.04. The van der Waals surface area contributed by atoms with E-state index in [0.29, 0.717) is 17.5 Å². The molecule has 1 saturated heterocycles. The highest BCUT2D eigenvalue weighted by atomic mass is 32.2.